The van der Waals surface area contributed by atoms with E-state index >= 15 is 0 Å². The van der Waals surface area contributed by atoms with Gasteiger partial charge in [-0.1, -0.05) is 24.3 Å². The molecule has 0 heterocycles. The molecule has 0 saturated carbocycles. The van der Waals surface area contributed by atoms with Crippen LogP contribution in [-0.2, 0) is 13.2 Å². The van der Waals surface area contributed by atoms with Gasteiger partial charge in [-0.25, -0.2) is 4.39 Å². The minimum absolute atomic E-state index is 0.299. The fourth-order valence-corrected chi connectivity index (χ4v) is 2.20. The summed E-state index contributed by atoms with van der Waals surface area (Å²) in [5.41, 5.74) is 4.35. The topological polar surface area (TPSA) is 21.3 Å². The first-order valence-corrected chi connectivity index (χ1v) is 6.72. The van der Waals surface area contributed by atoms with Crippen LogP contribution in [-0.4, -0.2) is 7.05 Å². The van der Waals surface area contributed by atoms with E-state index in [0.717, 1.165) is 22.3 Å². The van der Waals surface area contributed by atoms with E-state index in [2.05, 4.69) is 5.32 Å². The highest BCUT2D eigenvalue weighted by Gasteiger charge is 2.07. The Bertz CT molecular complexity index is 575. The summed E-state index contributed by atoms with van der Waals surface area (Å²) in [6.07, 6.45) is 0. The molecule has 1 N–H and O–H groups in total. The predicted molar refractivity (Wildman–Crippen MR) is 79.4 cm³/mol. The van der Waals surface area contributed by atoms with Gasteiger partial charge in [-0.3, -0.25) is 0 Å². The highest BCUT2D eigenvalue weighted by atomic mass is 19.1. The van der Waals surface area contributed by atoms with Crippen molar-refractivity contribution in [1.29, 1.82) is 0 Å². The highest BCUT2D eigenvalue weighted by Crippen LogP contribution is 2.21. The van der Waals surface area contributed by atoms with Gasteiger partial charge in [0.1, 0.15) is 6.61 Å². The van der Waals surface area contributed by atoms with Crippen LogP contribution in [0, 0.1) is 19.7 Å². The van der Waals surface area contributed by atoms with Crippen LogP contribution in [0.4, 0.5) is 4.39 Å². The van der Waals surface area contributed by atoms with Gasteiger partial charge in [-0.15, -0.1) is 0 Å². The zero-order valence-corrected chi connectivity index (χ0v) is 12.2. The number of benzene rings is 2. The van der Waals surface area contributed by atoms with E-state index in [1.165, 1.54) is 6.07 Å². The first-order chi connectivity index (χ1) is 9.61. The molecule has 0 unspecified atom stereocenters. The lowest BCUT2D eigenvalue weighted by Crippen LogP contribution is -2.06. The van der Waals surface area contributed by atoms with Gasteiger partial charge in [0, 0.05) is 6.54 Å². The normalized spacial score (nSPS) is 10.6. The molecule has 0 bridgehead atoms. The Hall–Kier alpha value is -1.87. The van der Waals surface area contributed by atoms with Crippen LogP contribution in [0.5, 0.6) is 5.75 Å². The molecule has 0 aliphatic rings. The van der Waals surface area contributed by atoms with Crippen molar-refractivity contribution in [2.75, 3.05) is 7.05 Å². The average molecular weight is 273 g/mol. The molecule has 2 rings (SSSR count). The predicted octanol–water partition coefficient (Wildman–Crippen LogP) is 3.74. The Morgan fingerprint density at radius 3 is 2.40 bits per heavy atom. The lowest BCUT2D eigenvalue weighted by molar-refractivity contribution is 0.288. The smallest absolute Gasteiger partial charge is 0.165 e. The second-order valence-electron chi connectivity index (χ2n) is 4.95. The number of rotatable bonds is 5. The summed E-state index contributed by atoms with van der Waals surface area (Å²) in [7, 11) is 1.84. The highest BCUT2D eigenvalue weighted by molar-refractivity contribution is 5.34. The van der Waals surface area contributed by atoms with Gasteiger partial charge in [-0.05, 0) is 55.3 Å². The molecule has 2 aromatic rings. The van der Waals surface area contributed by atoms with Crippen LogP contribution in [0.25, 0.3) is 0 Å². The van der Waals surface area contributed by atoms with E-state index in [-0.39, 0.29) is 5.82 Å². The van der Waals surface area contributed by atoms with Crippen molar-refractivity contribution in [3.05, 3.63) is 64.5 Å². The van der Waals surface area contributed by atoms with Crippen molar-refractivity contribution in [2.45, 2.75) is 27.0 Å². The number of halogens is 1. The monoisotopic (exact) mass is 273 g/mol. The van der Waals surface area contributed by atoms with Crippen LogP contribution >= 0.6 is 0 Å². The van der Waals surface area contributed by atoms with Crippen molar-refractivity contribution in [3.63, 3.8) is 0 Å². The van der Waals surface area contributed by atoms with Gasteiger partial charge in [0.05, 0.1) is 0 Å². The maximum atomic E-state index is 13.9. The molecule has 0 amide bonds. The molecule has 0 spiro atoms. The third-order valence-corrected chi connectivity index (χ3v) is 3.39. The van der Waals surface area contributed by atoms with E-state index in [1.54, 1.807) is 6.07 Å². The quantitative estimate of drug-likeness (QED) is 0.896. The second-order valence-corrected chi connectivity index (χ2v) is 4.95. The van der Waals surface area contributed by atoms with Crippen LogP contribution in [0.1, 0.15) is 22.3 Å². The Morgan fingerprint density at radius 2 is 1.80 bits per heavy atom. The fraction of sp³-hybridized carbons (Fsp3) is 0.294. The Balaban J connectivity index is 2.11. The standard InChI is InChI=1S/C17H20FNO/c1-12-5-4-6-13(2)15(12)11-20-17-8-7-14(10-19-3)9-16(17)18/h4-9,19H,10-11H2,1-3H3. The number of ether oxygens (including phenoxy) is 1. The van der Waals surface area contributed by atoms with Crippen LogP contribution in [0.2, 0.25) is 0 Å². The summed E-state index contributed by atoms with van der Waals surface area (Å²) in [6, 6.07) is 11.2. The zero-order valence-electron chi connectivity index (χ0n) is 12.2. The van der Waals surface area contributed by atoms with E-state index < -0.39 is 0 Å². The van der Waals surface area contributed by atoms with E-state index in [4.69, 9.17) is 4.74 Å². The third kappa shape index (κ3) is 3.36. The van der Waals surface area contributed by atoms with Crippen molar-refractivity contribution in [1.82, 2.24) is 5.32 Å². The van der Waals surface area contributed by atoms with E-state index in [1.807, 2.05) is 45.2 Å². The Kier molecular flexibility index (Phi) is 4.74. The molecule has 20 heavy (non-hydrogen) atoms. The number of hydrogen-bond acceptors (Lipinski definition) is 2. The summed E-state index contributed by atoms with van der Waals surface area (Å²) in [5, 5.41) is 3.00. The SMILES string of the molecule is CNCc1ccc(OCc2c(C)cccc2C)c(F)c1. The summed E-state index contributed by atoms with van der Waals surface area (Å²) >= 11 is 0. The minimum Gasteiger partial charge on any atom is -0.486 e. The van der Waals surface area contributed by atoms with Crippen LogP contribution in [0.15, 0.2) is 36.4 Å². The molecular formula is C17H20FNO. The second kappa shape index (κ2) is 6.53. The Morgan fingerprint density at radius 1 is 1.10 bits per heavy atom. The maximum Gasteiger partial charge on any atom is 0.165 e. The maximum absolute atomic E-state index is 13.9. The molecule has 0 aliphatic heterocycles. The van der Waals surface area contributed by atoms with Crippen LogP contribution in [0.3, 0.4) is 0 Å². The third-order valence-electron chi connectivity index (χ3n) is 3.39. The molecule has 2 aromatic carbocycles. The lowest BCUT2D eigenvalue weighted by Gasteiger charge is -2.12. The van der Waals surface area contributed by atoms with Crippen molar-refractivity contribution < 1.29 is 9.13 Å². The molecule has 3 heteroatoms. The lowest BCUT2D eigenvalue weighted by atomic mass is 10.0. The molecule has 0 aliphatic carbocycles. The fourth-order valence-electron chi connectivity index (χ4n) is 2.20. The molecule has 0 saturated heterocycles. The van der Waals surface area contributed by atoms with Crippen molar-refractivity contribution in [3.8, 4) is 5.75 Å². The summed E-state index contributed by atoms with van der Waals surface area (Å²) < 4.78 is 19.5. The van der Waals surface area contributed by atoms with Gasteiger partial charge in [0.25, 0.3) is 0 Å². The molecule has 2 nitrogen and oxygen atoms in total. The first-order valence-electron chi connectivity index (χ1n) is 6.72. The molecule has 0 fully saturated rings. The molecule has 0 atom stereocenters. The van der Waals surface area contributed by atoms with Gasteiger partial charge >= 0.3 is 0 Å². The van der Waals surface area contributed by atoms with Gasteiger partial charge in [0.15, 0.2) is 11.6 Å². The zero-order chi connectivity index (χ0) is 14.5. The molecular weight excluding hydrogens is 253 g/mol. The minimum atomic E-state index is -0.316. The molecule has 0 radical (unpaired) electrons. The summed E-state index contributed by atoms with van der Waals surface area (Å²) in [6.45, 7) is 5.12. The molecule has 0 aromatic heterocycles. The van der Waals surface area contributed by atoms with Gasteiger partial charge in [-0.2, -0.15) is 0 Å². The van der Waals surface area contributed by atoms with Crippen molar-refractivity contribution in [2.24, 2.45) is 0 Å². The summed E-state index contributed by atoms with van der Waals surface area (Å²) in [4.78, 5) is 0. The average Bonchev–Trinajstić information content (AvgIpc) is 2.40. The Labute approximate surface area is 119 Å². The number of aryl methyl sites for hydroxylation is 2. The van der Waals surface area contributed by atoms with E-state index in [9.17, 15) is 4.39 Å². The van der Waals surface area contributed by atoms with Gasteiger partial charge in [0.2, 0.25) is 0 Å². The number of nitrogens with one attached hydrogen (secondary N) is 1. The van der Waals surface area contributed by atoms with Crippen molar-refractivity contribution >= 4 is 0 Å². The van der Waals surface area contributed by atoms with E-state index in [0.29, 0.717) is 18.9 Å². The largest absolute Gasteiger partial charge is 0.486 e. The summed E-state index contributed by atoms with van der Waals surface area (Å²) in [5.74, 6) is -0.0171. The van der Waals surface area contributed by atoms with Crippen LogP contribution < -0.4 is 10.1 Å². The molecule has 106 valence electrons. The first kappa shape index (κ1) is 14.5. The number of hydrogen-bond donors (Lipinski definition) is 1. The van der Waals surface area contributed by atoms with Gasteiger partial charge < -0.3 is 10.1 Å².